The number of hydrogen-bond donors (Lipinski definition) is 1. The molecule has 1 N–H and O–H groups in total. The number of rotatable bonds is 8. The summed E-state index contributed by atoms with van der Waals surface area (Å²) in [5, 5.41) is 11.4. The normalized spacial score (nSPS) is 18.9. The zero-order valence-corrected chi connectivity index (χ0v) is 17.9. The van der Waals surface area contributed by atoms with Crippen molar-refractivity contribution in [1.82, 2.24) is 14.7 Å². The highest BCUT2D eigenvalue weighted by atomic mass is 19.4. The van der Waals surface area contributed by atoms with Crippen LogP contribution in [-0.4, -0.2) is 70.9 Å². The number of nitrogens with zero attached hydrogens (tertiary/aromatic N) is 3. The summed E-state index contributed by atoms with van der Waals surface area (Å²) in [4.78, 5) is 11.3. The summed E-state index contributed by atoms with van der Waals surface area (Å²) in [5.74, 6) is -2.94. The number of methoxy groups -OCH3 is 1. The largest absolute Gasteiger partial charge is 0.490 e. The van der Waals surface area contributed by atoms with Crippen molar-refractivity contribution in [2.24, 2.45) is 7.05 Å². The first-order chi connectivity index (χ1) is 15.1. The lowest BCUT2D eigenvalue weighted by molar-refractivity contribution is -0.192. The van der Waals surface area contributed by atoms with Crippen LogP contribution in [0, 0.1) is 5.82 Å². The van der Waals surface area contributed by atoms with E-state index in [0.717, 1.165) is 31.5 Å². The van der Waals surface area contributed by atoms with Gasteiger partial charge in [-0.05, 0) is 36.1 Å². The third-order valence-electron chi connectivity index (χ3n) is 4.94. The van der Waals surface area contributed by atoms with Crippen molar-refractivity contribution in [2.45, 2.75) is 37.7 Å². The minimum atomic E-state index is -5.08. The fourth-order valence-corrected chi connectivity index (χ4v) is 3.51. The molecule has 11 heteroatoms. The van der Waals surface area contributed by atoms with Gasteiger partial charge in [0.2, 0.25) is 0 Å². The summed E-state index contributed by atoms with van der Waals surface area (Å²) in [6.45, 7) is 2.87. The maximum atomic E-state index is 13.5. The summed E-state index contributed by atoms with van der Waals surface area (Å²) in [7, 11) is 3.61. The number of likely N-dealkylation sites (tertiary alicyclic amines) is 1. The number of alkyl halides is 3. The molecule has 0 bridgehead atoms. The molecule has 178 valence electrons. The number of hydrogen-bond acceptors (Lipinski definition) is 5. The monoisotopic (exact) mass is 461 g/mol. The van der Waals surface area contributed by atoms with E-state index < -0.39 is 12.1 Å². The Labute approximate surface area is 183 Å². The Morgan fingerprint density at radius 2 is 2.00 bits per heavy atom. The standard InChI is InChI=1S/C19H26FN3O2.C2HF3O2/c1-22-13-16(12-21-22)11-18-19(25-9-8-24-2)6-7-23(18)14-15-4-3-5-17(20)10-15;3-2(4,5)1(6)7/h3-5,10,12-13,18-19H,6-9,11,14H2,1-2H3;(H,6,7)/t18-,19+;/m0./s1. The van der Waals surface area contributed by atoms with Gasteiger partial charge in [0.05, 0.1) is 25.5 Å². The van der Waals surface area contributed by atoms with Gasteiger partial charge in [-0.25, -0.2) is 9.18 Å². The van der Waals surface area contributed by atoms with Crippen LogP contribution in [0.25, 0.3) is 0 Å². The maximum absolute atomic E-state index is 13.5. The first kappa shape index (κ1) is 25.8. The molecule has 2 heterocycles. The molecule has 1 saturated heterocycles. The first-order valence-corrected chi connectivity index (χ1v) is 9.96. The van der Waals surface area contributed by atoms with Crippen molar-refractivity contribution < 1.29 is 36.9 Å². The van der Waals surface area contributed by atoms with E-state index in [1.807, 2.05) is 30.2 Å². The average Bonchev–Trinajstić information content (AvgIpc) is 3.29. The lowest BCUT2D eigenvalue weighted by Crippen LogP contribution is -2.38. The third kappa shape index (κ3) is 8.21. The number of aryl methyl sites for hydroxylation is 1. The highest BCUT2D eigenvalue weighted by molar-refractivity contribution is 5.73. The van der Waals surface area contributed by atoms with Crippen LogP contribution < -0.4 is 0 Å². The first-order valence-electron chi connectivity index (χ1n) is 9.96. The molecule has 1 aromatic heterocycles. The molecule has 2 atom stereocenters. The summed E-state index contributed by atoms with van der Waals surface area (Å²) >= 11 is 0. The van der Waals surface area contributed by atoms with E-state index in [4.69, 9.17) is 19.4 Å². The van der Waals surface area contributed by atoms with E-state index in [-0.39, 0.29) is 18.0 Å². The van der Waals surface area contributed by atoms with Crippen LogP contribution in [-0.2, 0) is 34.3 Å². The van der Waals surface area contributed by atoms with Gasteiger partial charge in [0.15, 0.2) is 0 Å². The highest BCUT2D eigenvalue weighted by Crippen LogP contribution is 2.26. The lowest BCUT2D eigenvalue weighted by atomic mass is 10.0. The van der Waals surface area contributed by atoms with E-state index >= 15 is 0 Å². The minimum absolute atomic E-state index is 0.156. The molecule has 0 unspecified atom stereocenters. The van der Waals surface area contributed by atoms with Gasteiger partial charge >= 0.3 is 12.1 Å². The van der Waals surface area contributed by atoms with Crippen molar-refractivity contribution in [2.75, 3.05) is 26.9 Å². The van der Waals surface area contributed by atoms with Gasteiger partial charge in [-0.2, -0.15) is 18.3 Å². The van der Waals surface area contributed by atoms with Crippen LogP contribution in [0.5, 0.6) is 0 Å². The fraction of sp³-hybridized carbons (Fsp3) is 0.524. The molecule has 2 aromatic rings. The number of carboxylic acid groups (broad SMARTS) is 1. The second kappa shape index (κ2) is 11.9. The molecule has 1 aliphatic heterocycles. The summed E-state index contributed by atoms with van der Waals surface area (Å²) in [5.41, 5.74) is 2.19. The quantitative estimate of drug-likeness (QED) is 0.481. The number of halogens is 4. The van der Waals surface area contributed by atoms with Gasteiger partial charge in [-0.15, -0.1) is 0 Å². The third-order valence-corrected chi connectivity index (χ3v) is 4.94. The van der Waals surface area contributed by atoms with Gasteiger partial charge < -0.3 is 14.6 Å². The predicted molar refractivity (Wildman–Crippen MR) is 107 cm³/mol. The van der Waals surface area contributed by atoms with Crippen LogP contribution in [0.1, 0.15) is 17.5 Å². The Hall–Kier alpha value is -2.50. The molecule has 32 heavy (non-hydrogen) atoms. The Morgan fingerprint density at radius 1 is 1.28 bits per heavy atom. The molecule has 1 fully saturated rings. The SMILES string of the molecule is COCCO[C@@H]1CCN(Cc2cccc(F)c2)[C@H]1Cc1cnn(C)c1.O=C(O)C(F)(F)F. The molecule has 0 aliphatic carbocycles. The molecule has 0 spiro atoms. The minimum Gasteiger partial charge on any atom is -0.475 e. The summed E-state index contributed by atoms with van der Waals surface area (Å²) in [6.07, 6.45) is 0.879. The number of benzene rings is 1. The maximum Gasteiger partial charge on any atom is 0.490 e. The molecule has 1 aromatic carbocycles. The van der Waals surface area contributed by atoms with E-state index in [1.54, 1.807) is 19.2 Å². The lowest BCUT2D eigenvalue weighted by Gasteiger charge is -2.28. The van der Waals surface area contributed by atoms with Crippen molar-refractivity contribution >= 4 is 5.97 Å². The van der Waals surface area contributed by atoms with Crippen LogP contribution in [0.2, 0.25) is 0 Å². The van der Waals surface area contributed by atoms with Crippen molar-refractivity contribution in [3.05, 3.63) is 53.6 Å². The fourth-order valence-electron chi connectivity index (χ4n) is 3.51. The number of carbonyl (C=O) groups is 1. The number of carboxylic acids is 1. The van der Waals surface area contributed by atoms with Crippen LogP contribution in [0.4, 0.5) is 17.6 Å². The topological polar surface area (TPSA) is 76.8 Å². The molecule has 0 amide bonds. The zero-order valence-electron chi connectivity index (χ0n) is 17.9. The van der Waals surface area contributed by atoms with E-state index in [1.165, 1.54) is 11.6 Å². The summed E-state index contributed by atoms with van der Waals surface area (Å²) < 4.78 is 58.2. The van der Waals surface area contributed by atoms with Gasteiger partial charge in [-0.1, -0.05) is 12.1 Å². The molecule has 0 saturated carbocycles. The Bertz CT molecular complexity index is 860. The van der Waals surface area contributed by atoms with Gasteiger partial charge in [0.1, 0.15) is 5.82 Å². The molecule has 0 radical (unpaired) electrons. The smallest absolute Gasteiger partial charge is 0.475 e. The molecule has 3 rings (SSSR count). The van der Waals surface area contributed by atoms with Gasteiger partial charge in [0, 0.05) is 39.5 Å². The van der Waals surface area contributed by atoms with Crippen LogP contribution >= 0.6 is 0 Å². The second-order valence-electron chi connectivity index (χ2n) is 7.39. The summed E-state index contributed by atoms with van der Waals surface area (Å²) in [6, 6.07) is 7.09. The molecular formula is C21H27F4N3O4. The van der Waals surface area contributed by atoms with Crippen molar-refractivity contribution in [1.29, 1.82) is 0 Å². The number of aliphatic carboxylic acids is 1. The Kier molecular flexibility index (Phi) is 9.60. The van der Waals surface area contributed by atoms with Gasteiger partial charge in [-0.3, -0.25) is 9.58 Å². The van der Waals surface area contributed by atoms with Gasteiger partial charge in [0.25, 0.3) is 0 Å². The molecular weight excluding hydrogens is 434 g/mol. The predicted octanol–water partition coefficient (Wildman–Crippen LogP) is 3.04. The van der Waals surface area contributed by atoms with E-state index in [2.05, 4.69) is 10.00 Å². The van der Waals surface area contributed by atoms with E-state index in [0.29, 0.717) is 13.2 Å². The van der Waals surface area contributed by atoms with Crippen molar-refractivity contribution in [3.8, 4) is 0 Å². The number of ether oxygens (including phenoxy) is 2. The second-order valence-corrected chi connectivity index (χ2v) is 7.39. The zero-order chi connectivity index (χ0) is 23.7. The van der Waals surface area contributed by atoms with Crippen molar-refractivity contribution in [3.63, 3.8) is 0 Å². The Balaban J connectivity index is 0.000000451. The molecule has 1 aliphatic rings. The Morgan fingerprint density at radius 3 is 2.56 bits per heavy atom. The van der Waals surface area contributed by atoms with Crippen LogP contribution in [0.3, 0.4) is 0 Å². The van der Waals surface area contributed by atoms with Crippen LogP contribution in [0.15, 0.2) is 36.7 Å². The number of aromatic nitrogens is 2. The van der Waals surface area contributed by atoms with E-state index in [9.17, 15) is 17.6 Å². The molecule has 7 nitrogen and oxygen atoms in total. The highest BCUT2D eigenvalue weighted by Gasteiger charge is 2.38. The average molecular weight is 461 g/mol.